The summed E-state index contributed by atoms with van der Waals surface area (Å²) in [5, 5.41) is 12.4. The number of hydrogen-bond donors (Lipinski definition) is 2. The Morgan fingerprint density at radius 3 is 2.96 bits per heavy atom. The third-order valence-corrected chi connectivity index (χ3v) is 5.73. The molecule has 1 saturated heterocycles. The van der Waals surface area contributed by atoms with E-state index in [0.29, 0.717) is 18.2 Å². The van der Waals surface area contributed by atoms with E-state index in [0.717, 1.165) is 18.8 Å². The van der Waals surface area contributed by atoms with E-state index in [1.54, 1.807) is 11.3 Å². The molecule has 0 unspecified atom stereocenters. The van der Waals surface area contributed by atoms with Gasteiger partial charge in [-0.1, -0.05) is 6.07 Å². The third-order valence-electron chi connectivity index (χ3n) is 4.76. The minimum atomic E-state index is -0.0751. The molecule has 5 nitrogen and oxygen atoms in total. The summed E-state index contributed by atoms with van der Waals surface area (Å²) in [6.07, 6.45) is 4.91. The SMILES string of the molecule is O=C(NC[C@H](c1cccs1)N1CCCC1)c1cc(C2CC2)[nH]n1. The Balaban J connectivity index is 1.41. The Labute approximate surface area is 140 Å². The second-order valence-electron chi connectivity index (χ2n) is 6.47. The van der Waals surface area contributed by atoms with E-state index in [1.165, 1.54) is 30.6 Å². The van der Waals surface area contributed by atoms with Gasteiger partial charge in [0.05, 0.1) is 6.04 Å². The highest BCUT2D eigenvalue weighted by atomic mass is 32.1. The van der Waals surface area contributed by atoms with E-state index in [-0.39, 0.29) is 11.9 Å². The molecule has 0 bridgehead atoms. The first-order chi connectivity index (χ1) is 11.3. The predicted molar refractivity (Wildman–Crippen MR) is 90.8 cm³/mol. The van der Waals surface area contributed by atoms with Crippen molar-refractivity contribution in [2.45, 2.75) is 37.6 Å². The number of nitrogens with zero attached hydrogens (tertiary/aromatic N) is 2. The molecule has 122 valence electrons. The van der Waals surface area contributed by atoms with Crippen LogP contribution in [0.5, 0.6) is 0 Å². The van der Waals surface area contributed by atoms with Crippen LogP contribution < -0.4 is 5.32 Å². The summed E-state index contributed by atoms with van der Waals surface area (Å²) in [7, 11) is 0. The van der Waals surface area contributed by atoms with E-state index in [9.17, 15) is 4.79 Å². The zero-order valence-electron chi connectivity index (χ0n) is 13.1. The summed E-state index contributed by atoms with van der Waals surface area (Å²) < 4.78 is 0. The molecule has 23 heavy (non-hydrogen) atoms. The van der Waals surface area contributed by atoms with Gasteiger partial charge in [0, 0.05) is 23.0 Å². The number of amides is 1. The first-order valence-electron chi connectivity index (χ1n) is 8.42. The normalized spacial score (nSPS) is 19.8. The summed E-state index contributed by atoms with van der Waals surface area (Å²) in [4.78, 5) is 16.2. The van der Waals surface area contributed by atoms with E-state index >= 15 is 0 Å². The lowest BCUT2D eigenvalue weighted by molar-refractivity contribution is 0.0933. The van der Waals surface area contributed by atoms with Crippen LogP contribution in [0.3, 0.4) is 0 Å². The second-order valence-corrected chi connectivity index (χ2v) is 7.45. The van der Waals surface area contributed by atoms with Crippen molar-refractivity contribution in [1.29, 1.82) is 0 Å². The van der Waals surface area contributed by atoms with Gasteiger partial charge in [0.25, 0.3) is 5.91 Å². The van der Waals surface area contributed by atoms with E-state index in [2.05, 4.69) is 37.9 Å². The van der Waals surface area contributed by atoms with Gasteiger partial charge in [0.1, 0.15) is 5.69 Å². The van der Waals surface area contributed by atoms with Crippen LogP contribution >= 0.6 is 11.3 Å². The Morgan fingerprint density at radius 1 is 1.43 bits per heavy atom. The molecule has 1 aliphatic heterocycles. The predicted octanol–water partition coefficient (Wildman–Crippen LogP) is 2.92. The van der Waals surface area contributed by atoms with Crippen LogP contribution in [0.25, 0.3) is 0 Å². The highest BCUT2D eigenvalue weighted by Crippen LogP contribution is 2.39. The molecule has 1 amide bonds. The summed E-state index contributed by atoms with van der Waals surface area (Å²) in [5.74, 6) is 0.515. The number of carbonyl (C=O) groups is 1. The molecule has 0 aromatic carbocycles. The average molecular weight is 330 g/mol. The summed E-state index contributed by atoms with van der Waals surface area (Å²) >= 11 is 1.77. The van der Waals surface area contributed by atoms with Gasteiger partial charge < -0.3 is 5.32 Å². The van der Waals surface area contributed by atoms with E-state index < -0.39 is 0 Å². The number of thiophene rings is 1. The quantitative estimate of drug-likeness (QED) is 0.856. The van der Waals surface area contributed by atoms with Gasteiger partial charge >= 0.3 is 0 Å². The van der Waals surface area contributed by atoms with Crippen LogP contribution in [0, 0.1) is 0 Å². The molecule has 3 heterocycles. The summed E-state index contributed by atoms with van der Waals surface area (Å²) in [5.41, 5.74) is 1.61. The van der Waals surface area contributed by atoms with Crippen LogP contribution in [0.15, 0.2) is 23.6 Å². The molecular formula is C17H22N4OS. The Kier molecular flexibility index (Phi) is 4.18. The number of rotatable bonds is 6. The second kappa shape index (κ2) is 6.45. The van der Waals surface area contributed by atoms with Gasteiger partial charge in [-0.05, 0) is 56.3 Å². The maximum absolute atomic E-state index is 12.4. The zero-order valence-corrected chi connectivity index (χ0v) is 13.9. The van der Waals surface area contributed by atoms with Crippen LogP contribution in [-0.2, 0) is 0 Å². The fraction of sp³-hybridized carbons (Fsp3) is 0.529. The molecule has 2 N–H and O–H groups in total. The van der Waals surface area contributed by atoms with Crippen molar-refractivity contribution < 1.29 is 4.79 Å². The standard InChI is InChI=1S/C17H22N4OS/c22-17(14-10-13(19-20-14)12-5-6-12)18-11-15(16-4-3-9-23-16)21-7-1-2-8-21/h3-4,9-10,12,15H,1-2,5-8,11H2,(H,18,22)(H,19,20)/t15-/m1/s1. The third kappa shape index (κ3) is 3.33. The van der Waals surface area contributed by atoms with Crippen molar-refractivity contribution in [2.24, 2.45) is 0 Å². The van der Waals surface area contributed by atoms with Crippen molar-refractivity contribution in [1.82, 2.24) is 20.4 Å². The molecule has 2 fully saturated rings. The number of nitrogens with one attached hydrogen (secondary N) is 2. The van der Waals surface area contributed by atoms with Gasteiger partial charge in [0.15, 0.2) is 0 Å². The zero-order chi connectivity index (χ0) is 15.6. The molecule has 0 radical (unpaired) electrons. The molecular weight excluding hydrogens is 308 g/mol. The molecule has 0 spiro atoms. The van der Waals surface area contributed by atoms with Gasteiger partial charge in [0.2, 0.25) is 0 Å². The van der Waals surface area contributed by atoms with Crippen molar-refractivity contribution in [3.05, 3.63) is 39.8 Å². The van der Waals surface area contributed by atoms with Gasteiger partial charge in [-0.15, -0.1) is 11.3 Å². The Morgan fingerprint density at radius 2 is 2.26 bits per heavy atom. The molecule has 4 rings (SSSR count). The number of H-pyrrole nitrogens is 1. The smallest absolute Gasteiger partial charge is 0.271 e. The van der Waals surface area contributed by atoms with E-state index in [1.807, 2.05) is 6.07 Å². The number of likely N-dealkylation sites (tertiary alicyclic amines) is 1. The van der Waals surface area contributed by atoms with Crippen molar-refractivity contribution in [3.8, 4) is 0 Å². The topological polar surface area (TPSA) is 61.0 Å². The minimum Gasteiger partial charge on any atom is -0.349 e. The Hall–Kier alpha value is -1.66. The first kappa shape index (κ1) is 14.9. The average Bonchev–Trinajstić information content (AvgIpc) is 3.06. The first-order valence-corrected chi connectivity index (χ1v) is 9.30. The Bertz CT molecular complexity index is 656. The largest absolute Gasteiger partial charge is 0.349 e. The minimum absolute atomic E-state index is 0.0751. The number of aromatic amines is 1. The molecule has 1 saturated carbocycles. The molecule has 2 aromatic rings. The van der Waals surface area contributed by atoms with Crippen molar-refractivity contribution in [2.75, 3.05) is 19.6 Å². The lowest BCUT2D eigenvalue weighted by atomic mass is 10.2. The van der Waals surface area contributed by atoms with Crippen molar-refractivity contribution in [3.63, 3.8) is 0 Å². The molecule has 2 aliphatic rings. The van der Waals surface area contributed by atoms with Crippen molar-refractivity contribution >= 4 is 17.2 Å². The van der Waals surface area contributed by atoms with Gasteiger partial charge in [-0.25, -0.2) is 0 Å². The highest BCUT2D eigenvalue weighted by molar-refractivity contribution is 7.10. The molecule has 1 aliphatic carbocycles. The monoisotopic (exact) mass is 330 g/mol. The van der Waals surface area contributed by atoms with Crippen LogP contribution in [0.4, 0.5) is 0 Å². The van der Waals surface area contributed by atoms with E-state index in [4.69, 9.17) is 0 Å². The molecule has 1 atom stereocenters. The summed E-state index contributed by atoms with van der Waals surface area (Å²) in [6, 6.07) is 6.44. The van der Waals surface area contributed by atoms with Crippen LogP contribution in [-0.4, -0.2) is 40.6 Å². The summed E-state index contributed by atoms with van der Waals surface area (Å²) in [6.45, 7) is 2.88. The number of hydrogen-bond acceptors (Lipinski definition) is 4. The van der Waals surface area contributed by atoms with Crippen LogP contribution in [0.1, 0.15) is 58.7 Å². The maximum Gasteiger partial charge on any atom is 0.271 e. The van der Waals surface area contributed by atoms with Gasteiger partial charge in [-0.2, -0.15) is 5.10 Å². The fourth-order valence-electron chi connectivity index (χ4n) is 3.28. The lowest BCUT2D eigenvalue weighted by Crippen LogP contribution is -2.36. The fourth-order valence-corrected chi connectivity index (χ4v) is 4.14. The number of aromatic nitrogens is 2. The lowest BCUT2D eigenvalue weighted by Gasteiger charge is -2.26. The van der Waals surface area contributed by atoms with Crippen LogP contribution in [0.2, 0.25) is 0 Å². The van der Waals surface area contributed by atoms with Gasteiger partial charge in [-0.3, -0.25) is 14.8 Å². The maximum atomic E-state index is 12.4. The number of carbonyl (C=O) groups excluding carboxylic acids is 1. The highest BCUT2D eigenvalue weighted by Gasteiger charge is 2.27. The molecule has 2 aromatic heterocycles. The molecule has 6 heteroatoms.